The van der Waals surface area contributed by atoms with E-state index < -0.39 is 0 Å². The van der Waals surface area contributed by atoms with Crippen LogP contribution in [0.4, 0.5) is 5.69 Å². The van der Waals surface area contributed by atoms with Crippen molar-refractivity contribution in [2.24, 2.45) is 0 Å². The zero-order valence-electron chi connectivity index (χ0n) is 18.2. The Morgan fingerprint density at radius 1 is 1.19 bits per heavy atom. The van der Waals surface area contributed by atoms with Gasteiger partial charge in [-0.2, -0.15) is 0 Å². The predicted octanol–water partition coefficient (Wildman–Crippen LogP) is 4.95. The number of carbonyl (C=O) groups is 1. The van der Waals surface area contributed by atoms with Gasteiger partial charge in [0, 0.05) is 12.2 Å². The third-order valence-electron chi connectivity index (χ3n) is 4.83. The molecule has 0 radical (unpaired) electrons. The number of aromatic nitrogens is 3. The highest BCUT2D eigenvalue weighted by Crippen LogP contribution is 2.23. The van der Waals surface area contributed by atoms with Crippen molar-refractivity contribution in [3.8, 4) is 5.75 Å². The van der Waals surface area contributed by atoms with E-state index in [2.05, 4.69) is 29.0 Å². The third-order valence-corrected chi connectivity index (χ3v) is 5.80. The van der Waals surface area contributed by atoms with Gasteiger partial charge in [0.1, 0.15) is 12.4 Å². The van der Waals surface area contributed by atoms with Crippen molar-refractivity contribution in [1.82, 2.24) is 14.8 Å². The molecule has 0 atom stereocenters. The van der Waals surface area contributed by atoms with E-state index in [-0.39, 0.29) is 11.7 Å². The molecule has 0 aliphatic heterocycles. The van der Waals surface area contributed by atoms with E-state index in [1.165, 1.54) is 17.3 Å². The van der Waals surface area contributed by atoms with Crippen molar-refractivity contribution in [2.45, 2.75) is 45.5 Å². The van der Waals surface area contributed by atoms with Crippen molar-refractivity contribution < 1.29 is 9.53 Å². The number of carbonyl (C=O) groups excluding carboxylic acids is 1. The minimum absolute atomic E-state index is 0.0698. The van der Waals surface area contributed by atoms with E-state index in [1.807, 2.05) is 60.9 Å². The average Bonchev–Trinajstić information content (AvgIpc) is 3.15. The summed E-state index contributed by atoms with van der Waals surface area (Å²) in [5.41, 5.74) is 4.26. The molecule has 0 spiro atoms. The van der Waals surface area contributed by atoms with Crippen LogP contribution in [0.15, 0.2) is 60.3 Å². The van der Waals surface area contributed by atoms with Gasteiger partial charge in [0.2, 0.25) is 5.91 Å². The van der Waals surface area contributed by atoms with Crippen molar-refractivity contribution >= 4 is 23.4 Å². The molecule has 0 fully saturated rings. The SMILES string of the molecule is C=CCn1c(COc2ccc(C)cc2)nnc1SCC(=O)Nc1c(C)cccc1CC. The van der Waals surface area contributed by atoms with E-state index >= 15 is 0 Å². The van der Waals surface area contributed by atoms with Crippen molar-refractivity contribution in [2.75, 3.05) is 11.1 Å². The lowest BCUT2D eigenvalue weighted by molar-refractivity contribution is -0.113. The molecule has 0 aliphatic carbocycles. The first-order chi connectivity index (χ1) is 15.0. The number of rotatable bonds is 10. The van der Waals surface area contributed by atoms with E-state index in [4.69, 9.17) is 4.74 Å². The maximum atomic E-state index is 12.6. The summed E-state index contributed by atoms with van der Waals surface area (Å²) in [4.78, 5) is 12.6. The number of thioether (sulfide) groups is 1. The number of nitrogens with zero attached hydrogens (tertiary/aromatic N) is 3. The Morgan fingerprint density at radius 2 is 1.97 bits per heavy atom. The number of nitrogens with one attached hydrogen (secondary N) is 1. The zero-order valence-corrected chi connectivity index (χ0v) is 19.0. The molecule has 0 unspecified atom stereocenters. The Kier molecular flexibility index (Phi) is 7.89. The van der Waals surface area contributed by atoms with E-state index in [0.29, 0.717) is 24.1 Å². The van der Waals surface area contributed by atoms with Crippen LogP contribution >= 0.6 is 11.8 Å². The van der Waals surface area contributed by atoms with Crippen LogP contribution in [0, 0.1) is 13.8 Å². The number of benzene rings is 2. The standard InChI is InChI=1S/C24H28N4O2S/c1-5-14-28-21(15-30-20-12-10-17(3)11-13-20)26-27-24(28)31-16-22(29)25-23-18(4)8-7-9-19(23)6-2/h5,7-13H,1,6,14-16H2,2-4H3,(H,25,29). The summed E-state index contributed by atoms with van der Waals surface area (Å²) in [6.07, 6.45) is 2.65. The lowest BCUT2D eigenvalue weighted by Crippen LogP contribution is -2.17. The molecule has 31 heavy (non-hydrogen) atoms. The first-order valence-corrected chi connectivity index (χ1v) is 11.2. The highest BCUT2D eigenvalue weighted by molar-refractivity contribution is 7.99. The fraction of sp³-hybridized carbons (Fsp3) is 0.292. The molecule has 6 nitrogen and oxygen atoms in total. The van der Waals surface area contributed by atoms with Crippen LogP contribution in [0.25, 0.3) is 0 Å². The van der Waals surface area contributed by atoms with Gasteiger partial charge < -0.3 is 10.1 Å². The second-order valence-corrected chi connectivity index (χ2v) is 8.14. The van der Waals surface area contributed by atoms with Gasteiger partial charge >= 0.3 is 0 Å². The highest BCUT2D eigenvalue weighted by Gasteiger charge is 2.15. The molecule has 0 bridgehead atoms. The number of aryl methyl sites for hydroxylation is 3. The quantitative estimate of drug-likeness (QED) is 0.360. The molecule has 0 saturated carbocycles. The van der Waals surface area contributed by atoms with Gasteiger partial charge in [-0.3, -0.25) is 9.36 Å². The number of hydrogen-bond donors (Lipinski definition) is 1. The fourth-order valence-corrected chi connectivity index (χ4v) is 3.90. The lowest BCUT2D eigenvalue weighted by atomic mass is 10.1. The van der Waals surface area contributed by atoms with Gasteiger partial charge in [-0.15, -0.1) is 16.8 Å². The maximum Gasteiger partial charge on any atom is 0.234 e. The van der Waals surface area contributed by atoms with Gasteiger partial charge in [0.25, 0.3) is 0 Å². The van der Waals surface area contributed by atoms with Gasteiger partial charge in [-0.1, -0.05) is 60.7 Å². The predicted molar refractivity (Wildman–Crippen MR) is 126 cm³/mol. The molecule has 7 heteroatoms. The Labute approximate surface area is 187 Å². The van der Waals surface area contributed by atoms with Crippen molar-refractivity contribution in [3.63, 3.8) is 0 Å². The zero-order chi connectivity index (χ0) is 22.2. The molecular weight excluding hydrogens is 408 g/mol. The molecular formula is C24H28N4O2S. The van der Waals surface area contributed by atoms with Crippen LogP contribution in [0.2, 0.25) is 0 Å². The summed E-state index contributed by atoms with van der Waals surface area (Å²) in [5.74, 6) is 1.64. The van der Waals surface area contributed by atoms with Crippen molar-refractivity contribution in [3.05, 3.63) is 77.6 Å². The molecule has 3 aromatic rings. The Morgan fingerprint density at radius 3 is 2.68 bits per heavy atom. The Bertz CT molecular complexity index is 1040. The number of ether oxygens (including phenoxy) is 1. The lowest BCUT2D eigenvalue weighted by Gasteiger charge is -2.13. The summed E-state index contributed by atoms with van der Waals surface area (Å²) >= 11 is 1.35. The first kappa shape index (κ1) is 22.6. The molecule has 2 aromatic carbocycles. The Hall–Kier alpha value is -3.06. The first-order valence-electron chi connectivity index (χ1n) is 10.3. The fourth-order valence-electron chi connectivity index (χ4n) is 3.13. The van der Waals surface area contributed by atoms with E-state index in [9.17, 15) is 4.79 Å². The number of allylic oxidation sites excluding steroid dienone is 1. The van der Waals surface area contributed by atoms with Gasteiger partial charge in [-0.25, -0.2) is 0 Å². The summed E-state index contributed by atoms with van der Waals surface area (Å²) in [7, 11) is 0. The van der Waals surface area contributed by atoms with Crippen LogP contribution in [-0.2, 0) is 24.4 Å². The molecule has 1 heterocycles. The molecule has 1 amide bonds. The monoisotopic (exact) mass is 436 g/mol. The number of para-hydroxylation sites is 1. The topological polar surface area (TPSA) is 69.0 Å². The molecule has 0 aliphatic rings. The second-order valence-electron chi connectivity index (χ2n) is 7.20. The normalized spacial score (nSPS) is 10.7. The van der Waals surface area contributed by atoms with Gasteiger partial charge in [-0.05, 0) is 43.5 Å². The summed E-state index contributed by atoms with van der Waals surface area (Å²) in [6, 6.07) is 13.9. The molecule has 1 N–H and O–H groups in total. The minimum atomic E-state index is -0.0698. The van der Waals surface area contributed by atoms with Crippen LogP contribution in [-0.4, -0.2) is 26.4 Å². The van der Waals surface area contributed by atoms with Gasteiger partial charge in [0.15, 0.2) is 11.0 Å². The van der Waals surface area contributed by atoms with Crippen LogP contribution in [0.3, 0.4) is 0 Å². The highest BCUT2D eigenvalue weighted by atomic mass is 32.2. The number of amides is 1. The third kappa shape index (κ3) is 5.98. The molecule has 3 rings (SSSR count). The van der Waals surface area contributed by atoms with Gasteiger partial charge in [0.05, 0.1) is 5.75 Å². The summed E-state index contributed by atoms with van der Waals surface area (Å²) in [6.45, 7) is 10.8. The maximum absolute atomic E-state index is 12.6. The number of hydrogen-bond acceptors (Lipinski definition) is 5. The van der Waals surface area contributed by atoms with Crippen LogP contribution < -0.4 is 10.1 Å². The smallest absolute Gasteiger partial charge is 0.234 e. The number of anilines is 1. The average molecular weight is 437 g/mol. The van der Waals surface area contributed by atoms with Crippen LogP contribution in [0.5, 0.6) is 5.75 Å². The summed E-state index contributed by atoms with van der Waals surface area (Å²) < 4.78 is 7.77. The Balaban J connectivity index is 1.64. The largest absolute Gasteiger partial charge is 0.486 e. The van der Waals surface area contributed by atoms with E-state index in [0.717, 1.165) is 29.0 Å². The van der Waals surface area contributed by atoms with Crippen LogP contribution in [0.1, 0.15) is 29.4 Å². The van der Waals surface area contributed by atoms with Crippen molar-refractivity contribution in [1.29, 1.82) is 0 Å². The summed E-state index contributed by atoms with van der Waals surface area (Å²) in [5, 5.41) is 12.2. The second kappa shape index (κ2) is 10.8. The molecule has 0 saturated heterocycles. The molecule has 162 valence electrons. The minimum Gasteiger partial charge on any atom is -0.486 e. The van der Waals surface area contributed by atoms with E-state index in [1.54, 1.807) is 6.08 Å². The molecule has 1 aromatic heterocycles.